The van der Waals surface area contributed by atoms with Crippen LogP contribution in [0.1, 0.15) is 17.1 Å². The molecule has 0 aliphatic heterocycles. The number of sulfonamides is 1. The van der Waals surface area contributed by atoms with Gasteiger partial charge in [0.05, 0.1) is 4.34 Å². The topological polar surface area (TPSA) is 59.3 Å². The van der Waals surface area contributed by atoms with E-state index in [1.54, 1.807) is 13.0 Å². The Morgan fingerprint density at radius 3 is 2.61 bits per heavy atom. The summed E-state index contributed by atoms with van der Waals surface area (Å²) >= 11 is 6.75. The minimum absolute atomic E-state index is 0.209. The van der Waals surface area contributed by atoms with Crippen LogP contribution in [0.15, 0.2) is 26.8 Å². The third-order valence-corrected chi connectivity index (χ3v) is 5.53. The molecule has 2 aromatic rings. The number of hydrogen-bond acceptors (Lipinski definition) is 4. The van der Waals surface area contributed by atoms with Gasteiger partial charge in [-0.05, 0) is 32.0 Å². The van der Waals surface area contributed by atoms with Crippen LogP contribution >= 0.6 is 22.9 Å². The largest absolute Gasteiger partial charge is 0.466 e. The average molecular weight is 306 g/mol. The second kappa shape index (κ2) is 5.05. The summed E-state index contributed by atoms with van der Waals surface area (Å²) in [6.07, 6.45) is 0. The SMILES string of the molecule is Cc1cc(CNS(=O)(=O)c2ccc(Cl)s2)c(C)o1. The summed E-state index contributed by atoms with van der Waals surface area (Å²) in [6.45, 7) is 3.84. The molecule has 0 bridgehead atoms. The number of rotatable bonds is 4. The van der Waals surface area contributed by atoms with Crippen molar-refractivity contribution in [1.29, 1.82) is 0 Å². The van der Waals surface area contributed by atoms with Crippen LogP contribution in [0, 0.1) is 13.8 Å². The van der Waals surface area contributed by atoms with Crippen LogP contribution in [0.5, 0.6) is 0 Å². The number of halogens is 1. The fraction of sp³-hybridized carbons (Fsp3) is 0.273. The van der Waals surface area contributed by atoms with Crippen LogP contribution in [0.3, 0.4) is 0 Å². The monoisotopic (exact) mass is 305 g/mol. The molecule has 0 radical (unpaired) electrons. The van der Waals surface area contributed by atoms with E-state index in [0.29, 0.717) is 4.34 Å². The molecule has 0 saturated heterocycles. The van der Waals surface area contributed by atoms with Crippen molar-refractivity contribution in [3.63, 3.8) is 0 Å². The molecule has 2 aromatic heterocycles. The van der Waals surface area contributed by atoms with Crippen molar-refractivity contribution in [1.82, 2.24) is 4.72 Å². The Labute approximate surface area is 115 Å². The summed E-state index contributed by atoms with van der Waals surface area (Å²) in [5.41, 5.74) is 0.832. The number of hydrogen-bond donors (Lipinski definition) is 1. The van der Waals surface area contributed by atoms with Crippen LogP contribution in [-0.2, 0) is 16.6 Å². The molecule has 0 aliphatic carbocycles. The molecule has 4 nitrogen and oxygen atoms in total. The van der Waals surface area contributed by atoms with Crippen LogP contribution < -0.4 is 4.72 Å². The number of furan rings is 1. The van der Waals surface area contributed by atoms with Crippen molar-refractivity contribution in [3.8, 4) is 0 Å². The van der Waals surface area contributed by atoms with Gasteiger partial charge in [-0.3, -0.25) is 0 Å². The molecule has 0 fully saturated rings. The molecule has 1 N–H and O–H groups in total. The Kier molecular flexibility index (Phi) is 3.82. The molecule has 7 heteroatoms. The zero-order valence-electron chi connectivity index (χ0n) is 9.86. The summed E-state index contributed by atoms with van der Waals surface area (Å²) in [7, 11) is -3.50. The smallest absolute Gasteiger partial charge is 0.250 e. The molecule has 0 aromatic carbocycles. The van der Waals surface area contributed by atoms with E-state index in [-0.39, 0.29) is 10.8 Å². The standard InChI is InChI=1S/C11H12ClNO3S2/c1-7-5-9(8(2)16-7)6-13-18(14,15)11-4-3-10(12)17-11/h3-5,13H,6H2,1-2H3. The van der Waals surface area contributed by atoms with Gasteiger partial charge in [0.2, 0.25) is 10.0 Å². The maximum absolute atomic E-state index is 11.9. The van der Waals surface area contributed by atoms with Gasteiger partial charge in [0.25, 0.3) is 0 Å². The highest BCUT2D eigenvalue weighted by molar-refractivity contribution is 7.91. The van der Waals surface area contributed by atoms with Gasteiger partial charge in [-0.1, -0.05) is 11.6 Å². The highest BCUT2D eigenvalue weighted by atomic mass is 35.5. The quantitative estimate of drug-likeness (QED) is 0.944. The van der Waals surface area contributed by atoms with E-state index in [0.717, 1.165) is 28.4 Å². The van der Waals surface area contributed by atoms with E-state index >= 15 is 0 Å². The maximum atomic E-state index is 11.9. The highest BCUT2D eigenvalue weighted by Gasteiger charge is 2.17. The highest BCUT2D eigenvalue weighted by Crippen LogP contribution is 2.25. The maximum Gasteiger partial charge on any atom is 0.250 e. The third-order valence-electron chi connectivity index (χ3n) is 2.41. The van der Waals surface area contributed by atoms with Crippen molar-refractivity contribution in [2.24, 2.45) is 0 Å². The van der Waals surface area contributed by atoms with Crippen molar-refractivity contribution >= 4 is 33.0 Å². The fourth-order valence-electron chi connectivity index (χ4n) is 1.55. The van der Waals surface area contributed by atoms with Crippen LogP contribution in [-0.4, -0.2) is 8.42 Å². The lowest BCUT2D eigenvalue weighted by Crippen LogP contribution is -2.22. The van der Waals surface area contributed by atoms with Crippen LogP contribution in [0.2, 0.25) is 4.34 Å². The van der Waals surface area contributed by atoms with Gasteiger partial charge in [0, 0.05) is 12.1 Å². The predicted octanol–water partition coefficient (Wildman–Crippen LogP) is 3.09. The Morgan fingerprint density at radius 2 is 2.11 bits per heavy atom. The molecule has 0 unspecified atom stereocenters. The van der Waals surface area contributed by atoms with E-state index in [9.17, 15) is 8.42 Å². The lowest BCUT2D eigenvalue weighted by atomic mass is 10.2. The Balaban J connectivity index is 2.13. The first-order valence-electron chi connectivity index (χ1n) is 5.19. The molecule has 2 rings (SSSR count). The molecular formula is C11H12ClNO3S2. The molecule has 98 valence electrons. The van der Waals surface area contributed by atoms with E-state index < -0.39 is 10.0 Å². The van der Waals surface area contributed by atoms with E-state index in [1.807, 2.05) is 13.0 Å². The number of aryl methyl sites for hydroxylation is 2. The first-order chi connectivity index (χ1) is 8.38. The van der Waals surface area contributed by atoms with Gasteiger partial charge in [0.1, 0.15) is 15.7 Å². The summed E-state index contributed by atoms with van der Waals surface area (Å²) < 4.78 is 32.4. The van der Waals surface area contributed by atoms with E-state index in [2.05, 4.69) is 4.72 Å². The van der Waals surface area contributed by atoms with Crippen molar-refractivity contribution in [2.75, 3.05) is 0 Å². The molecule has 0 spiro atoms. The minimum atomic E-state index is -3.50. The average Bonchev–Trinajstić information content (AvgIpc) is 2.83. The lowest BCUT2D eigenvalue weighted by Gasteiger charge is -2.03. The van der Waals surface area contributed by atoms with Crippen LogP contribution in [0.4, 0.5) is 0 Å². The van der Waals surface area contributed by atoms with Gasteiger partial charge < -0.3 is 4.42 Å². The van der Waals surface area contributed by atoms with Gasteiger partial charge in [0.15, 0.2) is 0 Å². The predicted molar refractivity (Wildman–Crippen MR) is 71.5 cm³/mol. The Morgan fingerprint density at radius 1 is 1.39 bits per heavy atom. The Hall–Kier alpha value is -0.820. The zero-order chi connectivity index (χ0) is 13.3. The second-order valence-corrected chi connectivity index (χ2v) is 7.53. The third kappa shape index (κ3) is 2.95. The molecule has 0 atom stereocenters. The summed E-state index contributed by atoms with van der Waals surface area (Å²) in [5, 5.41) is 0. The van der Waals surface area contributed by atoms with Gasteiger partial charge in [-0.2, -0.15) is 0 Å². The zero-order valence-corrected chi connectivity index (χ0v) is 12.2. The van der Waals surface area contributed by atoms with Crippen molar-refractivity contribution < 1.29 is 12.8 Å². The van der Waals surface area contributed by atoms with E-state index in [4.69, 9.17) is 16.0 Å². The van der Waals surface area contributed by atoms with Gasteiger partial charge in [-0.15, -0.1) is 11.3 Å². The lowest BCUT2D eigenvalue weighted by molar-refractivity contribution is 0.500. The first-order valence-corrected chi connectivity index (χ1v) is 7.87. The number of thiophene rings is 1. The molecule has 2 heterocycles. The fourth-order valence-corrected chi connectivity index (χ4v) is 4.08. The summed E-state index contributed by atoms with van der Waals surface area (Å²) in [4.78, 5) is 0. The van der Waals surface area contributed by atoms with Crippen LogP contribution in [0.25, 0.3) is 0 Å². The summed E-state index contributed by atoms with van der Waals surface area (Å²) in [5.74, 6) is 1.49. The van der Waals surface area contributed by atoms with Crippen molar-refractivity contribution in [3.05, 3.63) is 39.6 Å². The molecule has 0 saturated carbocycles. The molecular weight excluding hydrogens is 294 g/mol. The van der Waals surface area contributed by atoms with E-state index in [1.165, 1.54) is 6.07 Å². The number of nitrogens with one attached hydrogen (secondary N) is 1. The molecule has 0 amide bonds. The second-order valence-electron chi connectivity index (χ2n) is 3.82. The normalized spacial score (nSPS) is 11.9. The Bertz CT molecular complexity index is 658. The summed E-state index contributed by atoms with van der Waals surface area (Å²) in [6, 6.07) is 4.87. The van der Waals surface area contributed by atoms with Crippen molar-refractivity contribution in [2.45, 2.75) is 24.6 Å². The van der Waals surface area contributed by atoms with Gasteiger partial charge in [-0.25, -0.2) is 13.1 Å². The molecule has 18 heavy (non-hydrogen) atoms. The van der Waals surface area contributed by atoms with Gasteiger partial charge >= 0.3 is 0 Å². The minimum Gasteiger partial charge on any atom is -0.466 e. The molecule has 0 aliphatic rings. The first kappa shape index (κ1) is 13.6.